The predicted octanol–water partition coefficient (Wildman–Crippen LogP) is 0.115. The summed E-state index contributed by atoms with van der Waals surface area (Å²) in [5.74, 6) is -2.07. The smallest absolute Gasteiger partial charge is 0.416 e. The van der Waals surface area contributed by atoms with Crippen molar-refractivity contribution >= 4 is 20.1 Å². The molecule has 0 radical (unpaired) electrons. The number of rotatable bonds is 2. The van der Waals surface area contributed by atoms with Gasteiger partial charge in [0.1, 0.15) is 12.5 Å². The number of halogens is 1. The van der Waals surface area contributed by atoms with Crippen LogP contribution in [0.2, 0.25) is 0 Å². The molecule has 10 heteroatoms. The lowest BCUT2D eigenvalue weighted by Crippen LogP contribution is -2.21. The fourth-order valence-corrected chi connectivity index (χ4v) is 2.20. The minimum absolute atomic E-state index is 0. The molecule has 2 aromatic heterocycles. The molecule has 2 aromatic rings. The highest BCUT2D eigenvalue weighted by Crippen LogP contribution is 2.40. The van der Waals surface area contributed by atoms with E-state index in [4.69, 9.17) is 0 Å². The topological polar surface area (TPSA) is 108 Å². The van der Waals surface area contributed by atoms with Crippen LogP contribution in [-0.4, -0.2) is 13.6 Å². The second-order valence-corrected chi connectivity index (χ2v) is 4.43. The van der Waals surface area contributed by atoms with Crippen molar-refractivity contribution in [3.63, 3.8) is 0 Å². The van der Waals surface area contributed by atoms with E-state index in [1.807, 2.05) is 0 Å². The van der Waals surface area contributed by atoms with Gasteiger partial charge in [0.15, 0.2) is 0 Å². The Morgan fingerprint density at radius 1 is 1.06 bits per heavy atom. The standard InChI is InChI=1S/C6H5N2O6P.ClH/c9-5-7(1-3-13-5)15(11,12)8-2-4-14-6(8)10;/h1-4H,(H,11,12);1H. The Kier molecular flexibility index (Phi) is 3.27. The molecule has 0 atom stereocenters. The summed E-state index contributed by atoms with van der Waals surface area (Å²) in [4.78, 5) is 31.5. The van der Waals surface area contributed by atoms with Crippen LogP contribution in [0, 0.1) is 0 Å². The summed E-state index contributed by atoms with van der Waals surface area (Å²) in [5, 5.41) is 0. The number of nitrogens with zero attached hydrogens (tertiary/aromatic N) is 2. The average molecular weight is 269 g/mol. The molecule has 2 heterocycles. The molecular formula is C6H6ClN2O6P. The Morgan fingerprint density at radius 2 is 1.44 bits per heavy atom. The summed E-state index contributed by atoms with van der Waals surface area (Å²) in [6.07, 6.45) is 3.80. The second-order valence-electron chi connectivity index (χ2n) is 2.54. The van der Waals surface area contributed by atoms with Crippen molar-refractivity contribution in [1.82, 2.24) is 8.68 Å². The number of oxazole rings is 2. The van der Waals surface area contributed by atoms with Gasteiger partial charge in [-0.05, 0) is 0 Å². The summed E-state index contributed by atoms with van der Waals surface area (Å²) in [5.41, 5.74) is 0. The van der Waals surface area contributed by atoms with Crippen LogP contribution in [0.15, 0.2) is 43.3 Å². The van der Waals surface area contributed by atoms with E-state index in [1.54, 1.807) is 0 Å². The first-order valence-electron chi connectivity index (χ1n) is 3.70. The van der Waals surface area contributed by atoms with Crippen molar-refractivity contribution in [3.8, 4) is 0 Å². The van der Waals surface area contributed by atoms with Gasteiger partial charge in [-0.1, -0.05) is 0 Å². The maximum atomic E-state index is 11.7. The van der Waals surface area contributed by atoms with E-state index in [0.29, 0.717) is 8.68 Å². The highest BCUT2D eigenvalue weighted by molar-refractivity contribution is 7.54. The lowest BCUT2D eigenvalue weighted by Gasteiger charge is -2.08. The molecule has 0 saturated carbocycles. The molecule has 0 spiro atoms. The van der Waals surface area contributed by atoms with E-state index in [2.05, 4.69) is 8.83 Å². The van der Waals surface area contributed by atoms with E-state index in [9.17, 15) is 19.0 Å². The van der Waals surface area contributed by atoms with Gasteiger partial charge in [0.25, 0.3) is 0 Å². The summed E-state index contributed by atoms with van der Waals surface area (Å²) in [6.45, 7) is 0. The van der Waals surface area contributed by atoms with Crippen LogP contribution < -0.4 is 11.5 Å². The lowest BCUT2D eigenvalue weighted by atomic mass is 11.0. The third-order valence-electron chi connectivity index (χ3n) is 1.68. The van der Waals surface area contributed by atoms with Crippen LogP contribution in [0.1, 0.15) is 0 Å². The van der Waals surface area contributed by atoms with Crippen LogP contribution in [0.25, 0.3) is 0 Å². The van der Waals surface area contributed by atoms with Crippen molar-refractivity contribution < 1.29 is 18.3 Å². The van der Waals surface area contributed by atoms with E-state index in [0.717, 1.165) is 24.9 Å². The summed E-state index contributed by atoms with van der Waals surface area (Å²) in [6, 6.07) is 0. The van der Waals surface area contributed by atoms with Crippen molar-refractivity contribution in [2.24, 2.45) is 0 Å². The number of hydrogen-bond acceptors (Lipinski definition) is 5. The zero-order valence-corrected chi connectivity index (χ0v) is 9.26. The van der Waals surface area contributed by atoms with Crippen molar-refractivity contribution in [2.75, 3.05) is 0 Å². The van der Waals surface area contributed by atoms with E-state index >= 15 is 0 Å². The molecule has 0 aromatic carbocycles. The van der Waals surface area contributed by atoms with Crippen LogP contribution >= 0.6 is 20.1 Å². The molecule has 0 fully saturated rings. The quantitative estimate of drug-likeness (QED) is 0.775. The first-order valence-corrected chi connectivity index (χ1v) is 5.27. The van der Waals surface area contributed by atoms with Gasteiger partial charge >= 0.3 is 19.2 Å². The molecule has 2 rings (SSSR count). The molecule has 16 heavy (non-hydrogen) atoms. The van der Waals surface area contributed by atoms with Gasteiger partial charge in [-0.3, -0.25) is 0 Å². The SMILES string of the molecule is Cl.O=c1occn1P(=O)(O)n1ccoc1=O. The molecule has 0 aliphatic carbocycles. The van der Waals surface area contributed by atoms with Crippen molar-refractivity contribution in [3.05, 3.63) is 46.0 Å². The second kappa shape index (κ2) is 4.17. The molecule has 0 amide bonds. The van der Waals surface area contributed by atoms with Gasteiger partial charge in [-0.2, -0.15) is 8.68 Å². The Labute approximate surface area is 93.7 Å². The minimum atomic E-state index is -4.36. The van der Waals surface area contributed by atoms with Crippen LogP contribution in [0.3, 0.4) is 0 Å². The maximum Gasteiger partial charge on any atom is 0.427 e. The van der Waals surface area contributed by atoms with Gasteiger partial charge in [-0.25, -0.2) is 14.2 Å². The third-order valence-corrected chi connectivity index (χ3v) is 3.39. The zero-order chi connectivity index (χ0) is 11.1. The van der Waals surface area contributed by atoms with Gasteiger partial charge in [0.05, 0.1) is 12.4 Å². The Hall–Kier alpha value is -1.50. The van der Waals surface area contributed by atoms with Crippen LogP contribution in [-0.2, 0) is 4.57 Å². The predicted molar refractivity (Wildman–Crippen MR) is 53.8 cm³/mol. The van der Waals surface area contributed by atoms with E-state index in [-0.39, 0.29) is 12.4 Å². The number of hydrogen-bond donors (Lipinski definition) is 1. The fourth-order valence-electron chi connectivity index (χ4n) is 1.01. The molecule has 0 saturated heterocycles. The van der Waals surface area contributed by atoms with E-state index in [1.165, 1.54) is 0 Å². The van der Waals surface area contributed by atoms with Gasteiger partial charge in [0, 0.05) is 0 Å². The highest BCUT2D eigenvalue weighted by atomic mass is 35.5. The van der Waals surface area contributed by atoms with Gasteiger partial charge < -0.3 is 13.7 Å². The third kappa shape index (κ3) is 1.78. The minimum Gasteiger partial charge on any atom is -0.416 e. The molecule has 0 aliphatic rings. The molecule has 88 valence electrons. The van der Waals surface area contributed by atoms with Gasteiger partial charge in [0.2, 0.25) is 0 Å². The van der Waals surface area contributed by atoms with E-state index < -0.39 is 19.2 Å². The fraction of sp³-hybridized carbons (Fsp3) is 0. The lowest BCUT2D eigenvalue weighted by molar-refractivity contribution is 0.431. The highest BCUT2D eigenvalue weighted by Gasteiger charge is 2.28. The normalized spacial score (nSPS) is 11.1. The Bertz CT molecular complexity index is 583. The summed E-state index contributed by atoms with van der Waals surface area (Å²) >= 11 is 0. The number of aromatic nitrogens is 2. The molecule has 0 unspecified atom stereocenters. The Balaban J connectivity index is 0.00000128. The first-order chi connectivity index (χ1) is 7.03. The van der Waals surface area contributed by atoms with Crippen LogP contribution in [0.5, 0.6) is 0 Å². The molecule has 0 aliphatic heterocycles. The zero-order valence-electron chi connectivity index (χ0n) is 7.55. The summed E-state index contributed by atoms with van der Waals surface area (Å²) < 4.78 is 21.2. The van der Waals surface area contributed by atoms with Crippen LogP contribution in [0.4, 0.5) is 0 Å². The monoisotopic (exact) mass is 268 g/mol. The molecule has 8 nitrogen and oxygen atoms in total. The van der Waals surface area contributed by atoms with Crippen molar-refractivity contribution in [2.45, 2.75) is 0 Å². The average Bonchev–Trinajstić information content (AvgIpc) is 2.73. The molecular weight excluding hydrogens is 263 g/mol. The molecule has 1 N–H and O–H groups in total. The summed E-state index contributed by atoms with van der Waals surface area (Å²) in [7, 11) is -4.36. The molecule has 0 bridgehead atoms. The van der Waals surface area contributed by atoms with Crippen molar-refractivity contribution in [1.29, 1.82) is 0 Å². The first kappa shape index (κ1) is 12.6. The van der Waals surface area contributed by atoms with Gasteiger partial charge in [-0.15, -0.1) is 12.4 Å². The maximum absolute atomic E-state index is 11.7. The largest absolute Gasteiger partial charge is 0.427 e. The Morgan fingerprint density at radius 3 is 1.69 bits per heavy atom.